The summed E-state index contributed by atoms with van der Waals surface area (Å²) in [5, 5.41) is 2.52. The van der Waals surface area contributed by atoms with Gasteiger partial charge < -0.3 is 13.6 Å². The summed E-state index contributed by atoms with van der Waals surface area (Å²) in [6, 6.07) is 21.5. The van der Waals surface area contributed by atoms with Crippen molar-refractivity contribution in [1.29, 1.82) is 0 Å². The van der Waals surface area contributed by atoms with Crippen LogP contribution in [0.1, 0.15) is 48.0 Å². The molecule has 0 saturated carbocycles. The van der Waals surface area contributed by atoms with E-state index in [-0.39, 0.29) is 28.4 Å². The normalized spacial score (nSPS) is 18.7. The Morgan fingerprint density at radius 2 is 1.35 bits per heavy atom. The molecule has 3 rings (SSSR count). The molecular formula is C29H42O3Si2. The SMILES string of the molecule is C#CC(CC(O[Si](c1ccccc1)(c1ccccc1)C(C)(C)C)C1CO1)O[Si](C)(C)C(C)(C)C. The van der Waals surface area contributed by atoms with Crippen LogP contribution in [0.5, 0.6) is 0 Å². The zero-order chi connectivity index (χ0) is 25.2. The van der Waals surface area contributed by atoms with Crippen LogP contribution in [0.25, 0.3) is 0 Å². The van der Waals surface area contributed by atoms with E-state index >= 15 is 0 Å². The Kier molecular flexibility index (Phi) is 8.01. The molecule has 5 heteroatoms. The topological polar surface area (TPSA) is 31.0 Å². The summed E-state index contributed by atoms with van der Waals surface area (Å²) in [5.41, 5.74) is 0. The summed E-state index contributed by atoms with van der Waals surface area (Å²) in [7, 11) is -4.72. The standard InChI is InChI=1S/C29H42O3Si2/c1-10-23(31-33(8,9)28(2,3)4)21-26(27-22-30-27)32-34(29(5,6)7,24-17-13-11-14-18-24)25-19-15-12-16-20-25/h1,11-20,23,26-27H,21-22H2,2-9H3. The van der Waals surface area contributed by atoms with E-state index < -0.39 is 16.6 Å². The molecule has 2 aromatic carbocycles. The van der Waals surface area contributed by atoms with Gasteiger partial charge in [-0.05, 0) is 33.5 Å². The molecule has 1 aliphatic heterocycles. The molecule has 0 spiro atoms. The van der Waals surface area contributed by atoms with Gasteiger partial charge in [-0.3, -0.25) is 0 Å². The van der Waals surface area contributed by atoms with Gasteiger partial charge in [0.25, 0.3) is 8.32 Å². The Hall–Kier alpha value is -1.69. The van der Waals surface area contributed by atoms with Crippen molar-refractivity contribution in [3.05, 3.63) is 60.7 Å². The van der Waals surface area contributed by atoms with Crippen LogP contribution in [0.15, 0.2) is 60.7 Å². The van der Waals surface area contributed by atoms with Crippen molar-refractivity contribution in [1.82, 2.24) is 0 Å². The monoisotopic (exact) mass is 494 g/mol. The smallest absolute Gasteiger partial charge is 0.261 e. The van der Waals surface area contributed by atoms with E-state index in [1.54, 1.807) is 0 Å². The highest BCUT2D eigenvalue weighted by atomic mass is 28.4. The first-order valence-corrected chi connectivity index (χ1v) is 17.2. The molecule has 1 saturated heterocycles. The van der Waals surface area contributed by atoms with Gasteiger partial charge in [-0.2, -0.15) is 0 Å². The second kappa shape index (κ2) is 10.1. The predicted molar refractivity (Wildman–Crippen MR) is 148 cm³/mol. The first kappa shape index (κ1) is 26.9. The van der Waals surface area contributed by atoms with Gasteiger partial charge in [0, 0.05) is 6.42 Å². The number of benzene rings is 2. The van der Waals surface area contributed by atoms with Crippen molar-refractivity contribution < 1.29 is 13.6 Å². The van der Waals surface area contributed by atoms with Crippen LogP contribution in [0.4, 0.5) is 0 Å². The van der Waals surface area contributed by atoms with Gasteiger partial charge in [-0.15, -0.1) is 6.42 Å². The molecule has 1 aliphatic rings. The third-order valence-electron chi connectivity index (χ3n) is 7.39. The average molecular weight is 495 g/mol. The zero-order valence-electron chi connectivity index (χ0n) is 22.2. The van der Waals surface area contributed by atoms with E-state index in [4.69, 9.17) is 20.0 Å². The first-order valence-electron chi connectivity index (χ1n) is 12.4. The van der Waals surface area contributed by atoms with Crippen molar-refractivity contribution in [3.8, 4) is 12.3 Å². The second-order valence-electron chi connectivity index (χ2n) is 12.0. The predicted octanol–water partition coefficient (Wildman–Crippen LogP) is 5.74. The summed E-state index contributed by atoms with van der Waals surface area (Å²) in [5.74, 6) is 2.94. The summed E-state index contributed by atoms with van der Waals surface area (Å²) in [6.07, 6.45) is 6.29. The average Bonchev–Trinajstić information content (AvgIpc) is 3.61. The highest BCUT2D eigenvalue weighted by Gasteiger charge is 2.53. The number of rotatable bonds is 9. The molecule has 3 nitrogen and oxygen atoms in total. The Morgan fingerprint density at radius 3 is 1.71 bits per heavy atom. The number of ether oxygens (including phenoxy) is 1. The van der Waals surface area contributed by atoms with Gasteiger partial charge in [-0.1, -0.05) is 108 Å². The fourth-order valence-electron chi connectivity index (χ4n) is 4.36. The van der Waals surface area contributed by atoms with E-state index in [9.17, 15) is 0 Å². The highest BCUT2D eigenvalue weighted by molar-refractivity contribution is 6.99. The van der Waals surface area contributed by atoms with Crippen molar-refractivity contribution in [2.75, 3.05) is 6.61 Å². The first-order chi connectivity index (χ1) is 15.8. The summed E-state index contributed by atoms with van der Waals surface area (Å²) >= 11 is 0. The van der Waals surface area contributed by atoms with Crippen LogP contribution in [-0.4, -0.2) is 41.6 Å². The maximum absolute atomic E-state index is 7.38. The van der Waals surface area contributed by atoms with Crippen LogP contribution in [0, 0.1) is 12.3 Å². The van der Waals surface area contributed by atoms with Gasteiger partial charge in [0.1, 0.15) is 12.2 Å². The zero-order valence-corrected chi connectivity index (χ0v) is 24.2. The minimum atomic E-state index is -2.70. The third kappa shape index (κ3) is 5.75. The molecule has 0 bridgehead atoms. The molecule has 2 aromatic rings. The van der Waals surface area contributed by atoms with Crippen LogP contribution in [-0.2, 0) is 13.6 Å². The highest BCUT2D eigenvalue weighted by Crippen LogP contribution is 2.41. The van der Waals surface area contributed by atoms with E-state index in [2.05, 4.69) is 121 Å². The quantitative estimate of drug-likeness (QED) is 0.253. The molecule has 0 aromatic heterocycles. The molecule has 0 aliphatic carbocycles. The fourth-order valence-corrected chi connectivity index (χ4v) is 10.3. The van der Waals surface area contributed by atoms with Crippen molar-refractivity contribution in [2.45, 2.75) is 89.4 Å². The lowest BCUT2D eigenvalue weighted by Gasteiger charge is -2.45. The second-order valence-corrected chi connectivity index (χ2v) is 21.0. The largest absolute Gasteiger partial charge is 0.403 e. The maximum atomic E-state index is 7.38. The molecule has 1 fully saturated rings. The maximum Gasteiger partial charge on any atom is 0.261 e. The lowest BCUT2D eigenvalue weighted by molar-refractivity contribution is 0.0978. The molecule has 34 heavy (non-hydrogen) atoms. The molecule has 3 atom stereocenters. The van der Waals surface area contributed by atoms with E-state index in [1.807, 2.05) is 0 Å². The molecule has 0 N–H and O–H groups in total. The summed E-state index contributed by atoms with van der Waals surface area (Å²) in [4.78, 5) is 0. The van der Waals surface area contributed by atoms with Gasteiger partial charge >= 0.3 is 0 Å². The van der Waals surface area contributed by atoms with Crippen molar-refractivity contribution >= 4 is 27.0 Å². The molecule has 0 amide bonds. The number of terminal acetylenes is 1. The van der Waals surface area contributed by atoms with Crippen molar-refractivity contribution in [3.63, 3.8) is 0 Å². The summed E-state index contributed by atoms with van der Waals surface area (Å²) < 4.78 is 19.9. The van der Waals surface area contributed by atoms with Crippen LogP contribution in [0.3, 0.4) is 0 Å². The lowest BCUT2D eigenvalue weighted by Crippen LogP contribution is -2.68. The van der Waals surface area contributed by atoms with Gasteiger partial charge in [0.05, 0.1) is 12.7 Å². The van der Waals surface area contributed by atoms with Gasteiger partial charge in [-0.25, -0.2) is 0 Å². The number of hydrogen-bond acceptors (Lipinski definition) is 3. The summed E-state index contributed by atoms with van der Waals surface area (Å²) in [6.45, 7) is 18.8. The molecule has 184 valence electrons. The Balaban J connectivity index is 2.02. The number of hydrogen-bond donors (Lipinski definition) is 0. The van der Waals surface area contributed by atoms with Crippen LogP contribution < -0.4 is 10.4 Å². The Bertz CT molecular complexity index is 925. The van der Waals surface area contributed by atoms with Crippen LogP contribution >= 0.6 is 0 Å². The van der Waals surface area contributed by atoms with Gasteiger partial charge in [0.15, 0.2) is 8.32 Å². The van der Waals surface area contributed by atoms with E-state index in [0.717, 1.165) is 0 Å². The van der Waals surface area contributed by atoms with Crippen molar-refractivity contribution in [2.24, 2.45) is 0 Å². The molecule has 3 unspecified atom stereocenters. The fraction of sp³-hybridized carbons (Fsp3) is 0.517. The Morgan fingerprint density at radius 1 is 0.882 bits per heavy atom. The molecule has 0 radical (unpaired) electrons. The Labute approximate surface area is 209 Å². The third-order valence-corrected chi connectivity index (χ3v) is 16.9. The van der Waals surface area contributed by atoms with E-state index in [0.29, 0.717) is 13.0 Å². The van der Waals surface area contributed by atoms with Crippen LogP contribution in [0.2, 0.25) is 23.2 Å². The number of epoxide rings is 1. The minimum absolute atomic E-state index is 0.0560. The lowest BCUT2D eigenvalue weighted by atomic mass is 10.1. The van der Waals surface area contributed by atoms with Gasteiger partial charge in [0.2, 0.25) is 0 Å². The van der Waals surface area contributed by atoms with E-state index in [1.165, 1.54) is 10.4 Å². The molecule has 1 heterocycles. The molecular weight excluding hydrogens is 452 g/mol. The minimum Gasteiger partial charge on any atom is -0.403 e.